The summed E-state index contributed by atoms with van der Waals surface area (Å²) in [5.41, 5.74) is 0.339. The molecular formula is C10H15ClN4O. The van der Waals surface area contributed by atoms with Crippen molar-refractivity contribution in [2.24, 2.45) is 5.92 Å². The fraction of sp³-hybridized carbons (Fsp3) is 0.700. The first-order valence-corrected chi connectivity index (χ1v) is 5.97. The van der Waals surface area contributed by atoms with Gasteiger partial charge in [0.1, 0.15) is 0 Å². The topological polar surface area (TPSA) is 70.7 Å². The molecule has 0 atom stereocenters. The number of rotatable bonds is 3. The molecule has 0 saturated heterocycles. The second kappa shape index (κ2) is 5.30. The molecule has 1 aromatic heterocycles. The highest BCUT2D eigenvalue weighted by molar-refractivity contribution is 6.20. The average Bonchev–Trinajstić information content (AvgIpc) is 2.81. The van der Waals surface area contributed by atoms with Crippen LogP contribution in [0.25, 0.3) is 0 Å². The van der Waals surface area contributed by atoms with E-state index < -0.39 is 0 Å². The minimum atomic E-state index is -0.165. The molecule has 0 radical (unpaired) electrons. The Labute approximate surface area is 98.9 Å². The van der Waals surface area contributed by atoms with Gasteiger partial charge in [0.25, 0.3) is 5.91 Å². The van der Waals surface area contributed by atoms with E-state index in [1.54, 1.807) is 0 Å². The summed E-state index contributed by atoms with van der Waals surface area (Å²) >= 11 is 6.02. The number of amides is 1. The highest BCUT2D eigenvalue weighted by Crippen LogP contribution is 2.26. The van der Waals surface area contributed by atoms with Crippen LogP contribution in [0.3, 0.4) is 0 Å². The summed E-state index contributed by atoms with van der Waals surface area (Å²) in [6, 6.07) is 0. The largest absolute Gasteiger partial charge is 0.350 e. The van der Waals surface area contributed by atoms with E-state index in [9.17, 15) is 4.79 Å². The fourth-order valence-electron chi connectivity index (χ4n) is 1.96. The molecule has 1 saturated carbocycles. The molecule has 6 heteroatoms. The van der Waals surface area contributed by atoms with Crippen LogP contribution < -0.4 is 5.32 Å². The maximum atomic E-state index is 11.6. The predicted octanol–water partition coefficient (Wildman–Crippen LogP) is 1.33. The number of aromatic nitrogens is 3. The third kappa shape index (κ3) is 2.95. The van der Waals surface area contributed by atoms with Crippen LogP contribution in [0, 0.1) is 5.92 Å². The van der Waals surface area contributed by atoms with Crippen LogP contribution in [-0.4, -0.2) is 33.2 Å². The van der Waals surface area contributed by atoms with Crippen molar-refractivity contribution in [1.82, 2.24) is 20.7 Å². The van der Waals surface area contributed by atoms with Crippen molar-refractivity contribution in [3.05, 3.63) is 11.9 Å². The summed E-state index contributed by atoms with van der Waals surface area (Å²) in [7, 11) is 0. The van der Waals surface area contributed by atoms with E-state index in [1.807, 2.05) is 0 Å². The summed E-state index contributed by atoms with van der Waals surface area (Å²) in [5.74, 6) is 0.382. The van der Waals surface area contributed by atoms with Gasteiger partial charge in [-0.2, -0.15) is 15.4 Å². The van der Waals surface area contributed by atoms with Gasteiger partial charge in [-0.25, -0.2) is 0 Å². The molecule has 1 aliphatic rings. The Morgan fingerprint density at radius 2 is 2.25 bits per heavy atom. The molecule has 0 aromatic carbocycles. The van der Waals surface area contributed by atoms with Gasteiger partial charge in [-0.3, -0.25) is 4.79 Å². The van der Waals surface area contributed by atoms with E-state index >= 15 is 0 Å². The van der Waals surface area contributed by atoms with Crippen LogP contribution in [-0.2, 0) is 0 Å². The molecule has 0 unspecified atom stereocenters. The lowest BCUT2D eigenvalue weighted by molar-refractivity contribution is 0.0938. The number of hydrogen-bond acceptors (Lipinski definition) is 3. The number of H-pyrrole nitrogens is 1. The van der Waals surface area contributed by atoms with Crippen molar-refractivity contribution in [3.8, 4) is 0 Å². The van der Waals surface area contributed by atoms with Gasteiger partial charge in [-0.1, -0.05) is 0 Å². The predicted molar refractivity (Wildman–Crippen MR) is 60.3 cm³/mol. The van der Waals surface area contributed by atoms with Gasteiger partial charge in [-0.15, -0.1) is 11.6 Å². The molecule has 1 aliphatic carbocycles. The van der Waals surface area contributed by atoms with Crippen molar-refractivity contribution in [3.63, 3.8) is 0 Å². The quantitative estimate of drug-likeness (QED) is 0.786. The van der Waals surface area contributed by atoms with Crippen molar-refractivity contribution in [2.75, 3.05) is 6.54 Å². The number of carbonyl (C=O) groups is 1. The number of halogens is 1. The number of hydrogen-bond donors (Lipinski definition) is 2. The Hall–Kier alpha value is -1.10. The molecule has 2 N–H and O–H groups in total. The van der Waals surface area contributed by atoms with Crippen LogP contribution in [0.5, 0.6) is 0 Å². The molecule has 88 valence electrons. The smallest absolute Gasteiger partial charge is 0.273 e. The Morgan fingerprint density at radius 3 is 2.88 bits per heavy atom. The summed E-state index contributed by atoms with van der Waals surface area (Å²) < 4.78 is 0. The Bertz CT molecular complexity index is 333. The normalized spacial score (nSPS) is 25.3. The van der Waals surface area contributed by atoms with E-state index in [4.69, 9.17) is 11.6 Å². The zero-order valence-electron chi connectivity index (χ0n) is 8.95. The molecule has 0 bridgehead atoms. The Balaban J connectivity index is 1.73. The third-order valence-electron chi connectivity index (χ3n) is 2.98. The standard InChI is InChI=1S/C10H15ClN4O/c11-8-3-1-7(2-4-8)5-12-10(16)9-6-13-15-14-9/h6-8H,1-5H2,(H,12,16)(H,13,14,15). The molecule has 16 heavy (non-hydrogen) atoms. The van der Waals surface area contributed by atoms with Crippen LogP contribution in [0.4, 0.5) is 0 Å². The first-order valence-electron chi connectivity index (χ1n) is 5.53. The molecular weight excluding hydrogens is 228 g/mol. The van der Waals surface area contributed by atoms with Crippen molar-refractivity contribution >= 4 is 17.5 Å². The highest BCUT2D eigenvalue weighted by atomic mass is 35.5. The van der Waals surface area contributed by atoms with E-state index in [-0.39, 0.29) is 5.91 Å². The van der Waals surface area contributed by atoms with Crippen LogP contribution in [0.15, 0.2) is 6.20 Å². The zero-order chi connectivity index (χ0) is 11.4. The van der Waals surface area contributed by atoms with E-state index in [0.29, 0.717) is 23.5 Å². The number of nitrogens with zero attached hydrogens (tertiary/aromatic N) is 2. The minimum absolute atomic E-state index is 0.165. The van der Waals surface area contributed by atoms with Gasteiger partial charge in [-0.05, 0) is 31.6 Å². The first kappa shape index (κ1) is 11.4. The van der Waals surface area contributed by atoms with E-state index in [2.05, 4.69) is 20.7 Å². The molecule has 1 fully saturated rings. The summed E-state index contributed by atoms with van der Waals surface area (Å²) in [4.78, 5) is 11.6. The monoisotopic (exact) mass is 242 g/mol. The van der Waals surface area contributed by atoms with Gasteiger partial charge in [0.15, 0.2) is 5.69 Å². The molecule has 0 spiro atoms. The first-order chi connectivity index (χ1) is 7.75. The van der Waals surface area contributed by atoms with Crippen LogP contribution >= 0.6 is 11.6 Å². The van der Waals surface area contributed by atoms with Crippen molar-refractivity contribution in [1.29, 1.82) is 0 Å². The maximum Gasteiger partial charge on any atom is 0.273 e. The number of alkyl halides is 1. The SMILES string of the molecule is O=C(NCC1CCC(Cl)CC1)c1cn[nH]n1. The molecule has 1 amide bonds. The van der Waals surface area contributed by atoms with Crippen LogP contribution in [0.2, 0.25) is 0 Å². The molecule has 5 nitrogen and oxygen atoms in total. The van der Waals surface area contributed by atoms with Crippen molar-refractivity contribution in [2.45, 2.75) is 31.1 Å². The van der Waals surface area contributed by atoms with Crippen molar-refractivity contribution < 1.29 is 4.79 Å². The second-order valence-electron chi connectivity index (χ2n) is 4.18. The summed E-state index contributed by atoms with van der Waals surface area (Å²) in [6.45, 7) is 0.704. The third-order valence-corrected chi connectivity index (χ3v) is 3.41. The Morgan fingerprint density at radius 1 is 1.50 bits per heavy atom. The average molecular weight is 243 g/mol. The lowest BCUT2D eigenvalue weighted by Gasteiger charge is -2.24. The van der Waals surface area contributed by atoms with Gasteiger partial charge < -0.3 is 5.32 Å². The fourth-order valence-corrected chi connectivity index (χ4v) is 2.22. The lowest BCUT2D eigenvalue weighted by Crippen LogP contribution is -2.31. The lowest BCUT2D eigenvalue weighted by atomic mass is 9.89. The molecule has 1 heterocycles. The van der Waals surface area contributed by atoms with Gasteiger partial charge in [0, 0.05) is 11.9 Å². The number of nitrogens with one attached hydrogen (secondary N) is 2. The molecule has 0 aliphatic heterocycles. The zero-order valence-corrected chi connectivity index (χ0v) is 9.70. The maximum absolute atomic E-state index is 11.6. The molecule has 2 rings (SSSR count). The Kier molecular flexibility index (Phi) is 3.77. The summed E-state index contributed by atoms with van der Waals surface area (Å²) in [6.07, 6.45) is 5.70. The van der Waals surface area contributed by atoms with Gasteiger partial charge in [0.2, 0.25) is 0 Å². The van der Waals surface area contributed by atoms with E-state index in [0.717, 1.165) is 25.7 Å². The second-order valence-corrected chi connectivity index (χ2v) is 4.80. The van der Waals surface area contributed by atoms with E-state index in [1.165, 1.54) is 6.20 Å². The number of aromatic amines is 1. The van der Waals surface area contributed by atoms with Gasteiger partial charge in [0.05, 0.1) is 6.20 Å². The minimum Gasteiger partial charge on any atom is -0.350 e. The molecule has 1 aromatic rings. The summed E-state index contributed by atoms with van der Waals surface area (Å²) in [5, 5.41) is 12.9. The van der Waals surface area contributed by atoms with Gasteiger partial charge >= 0.3 is 0 Å². The number of carbonyl (C=O) groups excluding carboxylic acids is 1. The highest BCUT2D eigenvalue weighted by Gasteiger charge is 2.20. The van der Waals surface area contributed by atoms with Crippen LogP contribution in [0.1, 0.15) is 36.2 Å².